The molecule has 0 aromatic heterocycles. The van der Waals surface area contributed by atoms with E-state index in [0.29, 0.717) is 6.42 Å². The quantitative estimate of drug-likeness (QED) is 0.329. The zero-order valence-corrected chi connectivity index (χ0v) is 22.1. The van der Waals surface area contributed by atoms with E-state index in [1.807, 2.05) is 6.92 Å². The number of rotatable bonds is 9. The molecule has 6 nitrogen and oxygen atoms in total. The number of sulfonamides is 1. The fourth-order valence-corrected chi connectivity index (χ4v) is 5.95. The van der Waals surface area contributed by atoms with Gasteiger partial charge in [0.2, 0.25) is 10.0 Å². The Kier molecular flexibility index (Phi) is 12.3. The molecule has 1 aromatic rings. The van der Waals surface area contributed by atoms with Gasteiger partial charge in [0, 0.05) is 25.3 Å². The van der Waals surface area contributed by atoms with E-state index in [0.717, 1.165) is 17.6 Å². The first-order valence-corrected chi connectivity index (χ1v) is 16.5. The van der Waals surface area contributed by atoms with Gasteiger partial charge in [-0.15, -0.1) is 0 Å². The van der Waals surface area contributed by atoms with E-state index in [1.165, 1.54) is 70.9 Å². The lowest BCUT2D eigenvalue weighted by Crippen LogP contribution is -2.40. The summed E-state index contributed by atoms with van der Waals surface area (Å²) in [5.74, 6) is 0. The van der Waals surface area contributed by atoms with Crippen LogP contribution in [0.1, 0.15) is 76.2 Å². The van der Waals surface area contributed by atoms with Crippen molar-refractivity contribution in [3.05, 3.63) is 29.8 Å². The molecule has 184 valence electrons. The summed E-state index contributed by atoms with van der Waals surface area (Å²) in [7, 11) is -3.48. The summed E-state index contributed by atoms with van der Waals surface area (Å²) < 4.78 is 31.3. The van der Waals surface area contributed by atoms with Gasteiger partial charge in [0.15, 0.2) is 6.49 Å². The second-order valence-corrected chi connectivity index (χ2v) is 14.7. The largest absolute Gasteiger partial charge is 0.345 e. The van der Waals surface area contributed by atoms with E-state index in [-0.39, 0.29) is 18.0 Å². The first kappa shape index (κ1) is 27.9. The van der Waals surface area contributed by atoms with Gasteiger partial charge in [0.1, 0.15) is 0 Å². The van der Waals surface area contributed by atoms with E-state index in [2.05, 4.69) is 10.0 Å². The van der Waals surface area contributed by atoms with Gasteiger partial charge in [-0.05, 0) is 63.0 Å². The Labute approximate surface area is 200 Å². The Bertz CT molecular complexity index is 784. The molecule has 32 heavy (non-hydrogen) atoms. The maximum atomic E-state index is 11.9. The molecule has 9 heteroatoms. The van der Waals surface area contributed by atoms with Crippen LogP contribution in [0.5, 0.6) is 0 Å². The highest BCUT2D eigenvalue weighted by Crippen LogP contribution is 2.36. The summed E-state index contributed by atoms with van der Waals surface area (Å²) in [6.07, 6.45) is 15.0. The standard InChI is InChI=1S/C12H23N.C11H18NO4PS2/c1-3-7-11(8-4-1)13-12-9-5-2-6-10-12;1-10-4-6-11(7-5-10)19(14,15)12-8-3-9-16-17(2,13)18/h11-13H,1-10H2;4-7,12H,3,8-9H2,1-2H3,(H,13,18). The first-order valence-electron chi connectivity index (χ1n) is 11.9. The molecular formula is C23H41N2O4PS2. The van der Waals surface area contributed by atoms with Gasteiger partial charge in [-0.2, -0.15) is 0 Å². The molecule has 2 aliphatic carbocycles. The molecule has 2 fully saturated rings. The highest BCUT2D eigenvalue weighted by atomic mass is 32.5. The monoisotopic (exact) mass is 504 g/mol. The van der Waals surface area contributed by atoms with Crippen LogP contribution in [0.25, 0.3) is 0 Å². The van der Waals surface area contributed by atoms with Gasteiger partial charge < -0.3 is 14.7 Å². The lowest BCUT2D eigenvalue weighted by atomic mass is 9.91. The third-order valence-corrected chi connectivity index (χ3v) is 8.41. The molecule has 0 aliphatic heterocycles. The topological polar surface area (TPSA) is 87.7 Å². The number of nitrogens with one attached hydrogen (secondary N) is 2. The Hall–Kier alpha value is -0.340. The highest BCUT2D eigenvalue weighted by molar-refractivity contribution is 8.09. The van der Waals surface area contributed by atoms with Crippen LogP contribution >= 0.6 is 6.49 Å². The van der Waals surface area contributed by atoms with E-state index in [1.54, 1.807) is 24.3 Å². The Morgan fingerprint density at radius 2 is 1.50 bits per heavy atom. The average Bonchev–Trinajstić information content (AvgIpc) is 2.75. The third-order valence-electron chi connectivity index (χ3n) is 5.96. The minimum absolute atomic E-state index is 0.237. The highest BCUT2D eigenvalue weighted by Gasteiger charge is 2.19. The lowest BCUT2D eigenvalue weighted by Gasteiger charge is -2.30. The minimum Gasteiger partial charge on any atom is -0.345 e. The number of hydrogen-bond acceptors (Lipinski definition) is 5. The van der Waals surface area contributed by atoms with Crippen molar-refractivity contribution in [2.45, 2.75) is 94.5 Å². The molecule has 0 spiro atoms. The van der Waals surface area contributed by atoms with E-state index in [4.69, 9.17) is 16.3 Å². The second kappa shape index (κ2) is 14.1. The smallest absolute Gasteiger partial charge is 0.240 e. The summed E-state index contributed by atoms with van der Waals surface area (Å²) in [5.41, 5.74) is 1.00. The van der Waals surface area contributed by atoms with Crippen LogP contribution in [0.3, 0.4) is 0 Å². The van der Waals surface area contributed by atoms with Gasteiger partial charge in [0.05, 0.1) is 11.5 Å². The van der Waals surface area contributed by atoms with Crippen LogP contribution in [0.2, 0.25) is 0 Å². The molecule has 3 N–H and O–H groups in total. The molecule has 0 heterocycles. The predicted molar refractivity (Wildman–Crippen MR) is 136 cm³/mol. The van der Waals surface area contributed by atoms with Crippen molar-refractivity contribution < 1.29 is 17.8 Å². The Morgan fingerprint density at radius 1 is 1.00 bits per heavy atom. The SMILES string of the molecule is C1CCC(NC2CCCCC2)CC1.Cc1ccc(S(=O)(=O)NCCCOP(C)(O)=S)cc1. The molecule has 1 atom stereocenters. The third kappa shape index (κ3) is 11.7. The maximum absolute atomic E-state index is 11.9. The number of hydrogen-bond donors (Lipinski definition) is 3. The molecule has 2 saturated carbocycles. The van der Waals surface area contributed by atoms with Gasteiger partial charge in [0.25, 0.3) is 0 Å². The molecule has 2 aliphatic rings. The molecule has 0 radical (unpaired) electrons. The summed E-state index contributed by atoms with van der Waals surface area (Å²) in [6.45, 7) is 1.18. The second-order valence-electron chi connectivity index (χ2n) is 9.04. The number of benzene rings is 1. The van der Waals surface area contributed by atoms with Crippen molar-refractivity contribution in [3.8, 4) is 0 Å². The molecule has 0 amide bonds. The first-order chi connectivity index (χ1) is 15.2. The molecule has 1 aromatic carbocycles. The number of aryl methyl sites for hydroxylation is 1. The van der Waals surface area contributed by atoms with Crippen molar-refractivity contribution >= 4 is 28.3 Å². The fourth-order valence-electron chi connectivity index (χ4n) is 4.19. The van der Waals surface area contributed by atoms with E-state index < -0.39 is 16.5 Å². The summed E-state index contributed by atoms with van der Waals surface area (Å²) in [6, 6.07) is 8.36. The molecular weight excluding hydrogens is 463 g/mol. The van der Waals surface area contributed by atoms with Crippen molar-refractivity contribution in [2.24, 2.45) is 0 Å². The minimum atomic E-state index is -3.48. The normalized spacial score (nSPS) is 20.2. The van der Waals surface area contributed by atoms with Crippen LogP contribution in [0, 0.1) is 6.92 Å². The summed E-state index contributed by atoms with van der Waals surface area (Å²) >= 11 is 4.70. The molecule has 0 bridgehead atoms. The molecule has 0 saturated heterocycles. The van der Waals surface area contributed by atoms with Crippen LogP contribution in [-0.2, 0) is 26.4 Å². The average molecular weight is 505 g/mol. The van der Waals surface area contributed by atoms with E-state index >= 15 is 0 Å². The van der Waals surface area contributed by atoms with Crippen molar-refractivity contribution in [1.29, 1.82) is 0 Å². The lowest BCUT2D eigenvalue weighted by molar-refractivity contribution is 0.291. The van der Waals surface area contributed by atoms with Crippen molar-refractivity contribution in [3.63, 3.8) is 0 Å². The van der Waals surface area contributed by atoms with Gasteiger partial charge in [-0.3, -0.25) is 0 Å². The molecule has 1 unspecified atom stereocenters. The zero-order chi connectivity index (χ0) is 23.5. The predicted octanol–water partition coefficient (Wildman–Crippen LogP) is 4.85. The van der Waals surface area contributed by atoms with Gasteiger partial charge in [-0.1, -0.05) is 56.2 Å². The fraction of sp³-hybridized carbons (Fsp3) is 0.739. The zero-order valence-electron chi connectivity index (χ0n) is 19.6. The Morgan fingerprint density at radius 3 is 1.97 bits per heavy atom. The van der Waals surface area contributed by atoms with Crippen molar-refractivity contribution in [2.75, 3.05) is 19.8 Å². The van der Waals surface area contributed by atoms with Gasteiger partial charge >= 0.3 is 0 Å². The van der Waals surface area contributed by atoms with Crippen LogP contribution in [0.15, 0.2) is 29.2 Å². The van der Waals surface area contributed by atoms with Crippen molar-refractivity contribution in [1.82, 2.24) is 10.0 Å². The van der Waals surface area contributed by atoms with Crippen LogP contribution in [0.4, 0.5) is 0 Å². The summed E-state index contributed by atoms with van der Waals surface area (Å²) in [5, 5.41) is 3.86. The maximum Gasteiger partial charge on any atom is 0.240 e. The Balaban J connectivity index is 0.000000242. The van der Waals surface area contributed by atoms with Crippen LogP contribution < -0.4 is 10.0 Å². The molecule has 3 rings (SSSR count). The van der Waals surface area contributed by atoms with Gasteiger partial charge in [-0.25, -0.2) is 13.1 Å². The summed E-state index contributed by atoms with van der Waals surface area (Å²) in [4.78, 5) is 9.48. The van der Waals surface area contributed by atoms with E-state index in [9.17, 15) is 13.3 Å². The van der Waals surface area contributed by atoms with Crippen LogP contribution in [-0.4, -0.2) is 45.2 Å².